The summed E-state index contributed by atoms with van der Waals surface area (Å²) in [6.07, 6.45) is 0. The van der Waals surface area contributed by atoms with Gasteiger partial charge in [0.25, 0.3) is 5.91 Å². The van der Waals surface area contributed by atoms with E-state index in [0.29, 0.717) is 17.8 Å². The predicted octanol–water partition coefficient (Wildman–Crippen LogP) is 5.35. The molecule has 4 aromatic rings. The minimum absolute atomic E-state index is 0.192. The second-order valence-electron chi connectivity index (χ2n) is 7.35. The van der Waals surface area contributed by atoms with Crippen molar-refractivity contribution in [1.29, 1.82) is 0 Å². The highest BCUT2D eigenvalue weighted by molar-refractivity contribution is 9.10. The molecule has 6 heteroatoms. The molecule has 0 aliphatic heterocycles. The summed E-state index contributed by atoms with van der Waals surface area (Å²) in [4.78, 5) is 16.3. The molecule has 1 aromatic heterocycles. The van der Waals surface area contributed by atoms with Crippen molar-refractivity contribution in [2.45, 2.75) is 20.4 Å². The molecule has 4 N–H and O–H groups in total. The summed E-state index contributed by atoms with van der Waals surface area (Å²) in [5.74, 6) is -0.0842. The maximum atomic E-state index is 13.1. The minimum atomic E-state index is -0.276. The van der Waals surface area contributed by atoms with E-state index in [2.05, 4.69) is 37.8 Å². The van der Waals surface area contributed by atoms with Crippen molar-refractivity contribution in [1.82, 2.24) is 15.8 Å². The number of benzene rings is 3. The van der Waals surface area contributed by atoms with Gasteiger partial charge in [-0.05, 0) is 59.1 Å². The van der Waals surface area contributed by atoms with Crippen LogP contribution in [0.25, 0.3) is 22.0 Å². The van der Waals surface area contributed by atoms with Gasteiger partial charge >= 0.3 is 0 Å². The fourth-order valence-electron chi connectivity index (χ4n) is 3.60. The van der Waals surface area contributed by atoms with Gasteiger partial charge in [-0.15, -0.1) is 0 Å². The van der Waals surface area contributed by atoms with Crippen molar-refractivity contribution in [3.63, 3.8) is 0 Å². The number of H-pyrrole nitrogens is 1. The zero-order valence-corrected chi connectivity index (χ0v) is 18.3. The summed E-state index contributed by atoms with van der Waals surface area (Å²) in [5, 5.41) is 11.0. The van der Waals surface area contributed by atoms with Gasteiger partial charge in [0.1, 0.15) is 11.4 Å². The molecule has 0 saturated carbocycles. The van der Waals surface area contributed by atoms with E-state index in [9.17, 15) is 9.90 Å². The highest BCUT2D eigenvalue weighted by Crippen LogP contribution is 2.36. The molecule has 1 amide bonds. The number of rotatable bonds is 5. The van der Waals surface area contributed by atoms with E-state index in [-0.39, 0.29) is 11.7 Å². The number of nitrogens with one attached hydrogen (secondary N) is 3. The number of aryl methyl sites for hydroxylation is 2. The van der Waals surface area contributed by atoms with Crippen LogP contribution in [-0.2, 0) is 6.54 Å². The lowest BCUT2D eigenvalue weighted by molar-refractivity contribution is 0.0928. The highest BCUT2D eigenvalue weighted by Gasteiger charge is 2.20. The fraction of sp³-hybridized carbons (Fsp3) is 0.125. The normalized spacial score (nSPS) is 11.0. The molecule has 0 radical (unpaired) electrons. The van der Waals surface area contributed by atoms with E-state index in [4.69, 9.17) is 0 Å². The number of fused-ring (bicyclic) bond motifs is 1. The standard InChI is InChI=1S/C24H22BrN3O2/c1-14-8-9-20(29)17(10-14)13-26-28-24(30)23-21(16-6-4-3-5-7-16)18-11-15(2)12-19(25)22(18)27-23/h3-12,26-27,29H,13H2,1-2H3,(H,28,30). The molecule has 0 atom stereocenters. The van der Waals surface area contributed by atoms with Crippen LogP contribution in [0.4, 0.5) is 0 Å². The number of aromatic nitrogens is 1. The molecular formula is C24H22BrN3O2. The van der Waals surface area contributed by atoms with Crippen molar-refractivity contribution in [2.75, 3.05) is 0 Å². The van der Waals surface area contributed by atoms with Crippen LogP contribution in [0.15, 0.2) is 65.1 Å². The van der Waals surface area contributed by atoms with Crippen molar-refractivity contribution >= 4 is 32.7 Å². The Morgan fingerprint density at radius 3 is 2.57 bits per heavy atom. The molecule has 0 unspecified atom stereocenters. The van der Waals surface area contributed by atoms with Gasteiger partial charge in [0.05, 0.1) is 5.52 Å². The lowest BCUT2D eigenvalue weighted by Gasteiger charge is -2.10. The molecule has 152 valence electrons. The minimum Gasteiger partial charge on any atom is -0.508 e. The number of hydrogen-bond donors (Lipinski definition) is 4. The quantitative estimate of drug-likeness (QED) is 0.301. The van der Waals surface area contributed by atoms with Crippen LogP contribution >= 0.6 is 15.9 Å². The third-order valence-corrected chi connectivity index (χ3v) is 5.63. The second-order valence-corrected chi connectivity index (χ2v) is 8.20. The van der Waals surface area contributed by atoms with Gasteiger partial charge in [-0.25, -0.2) is 5.43 Å². The van der Waals surface area contributed by atoms with E-state index in [1.165, 1.54) is 0 Å². The zero-order valence-electron chi connectivity index (χ0n) is 16.7. The molecule has 1 heterocycles. The maximum absolute atomic E-state index is 13.1. The average Bonchev–Trinajstić information content (AvgIpc) is 3.11. The van der Waals surface area contributed by atoms with Gasteiger partial charge in [-0.1, -0.05) is 48.0 Å². The first-order valence-corrected chi connectivity index (χ1v) is 10.4. The third-order valence-electron chi connectivity index (χ3n) is 5.01. The van der Waals surface area contributed by atoms with Gasteiger partial charge in [-0.2, -0.15) is 0 Å². The second kappa shape index (κ2) is 8.34. The number of carbonyl (C=O) groups excluding carboxylic acids is 1. The zero-order chi connectivity index (χ0) is 21.3. The van der Waals surface area contributed by atoms with Gasteiger partial charge < -0.3 is 10.1 Å². The Morgan fingerprint density at radius 2 is 1.80 bits per heavy atom. The van der Waals surface area contributed by atoms with Gasteiger partial charge in [0.2, 0.25) is 0 Å². The number of hydrazine groups is 1. The number of aromatic amines is 1. The van der Waals surface area contributed by atoms with E-state index >= 15 is 0 Å². The monoisotopic (exact) mass is 463 g/mol. The molecule has 0 aliphatic rings. The number of aromatic hydroxyl groups is 1. The Bertz CT molecular complexity index is 1230. The Labute approximate surface area is 183 Å². The van der Waals surface area contributed by atoms with Crippen LogP contribution in [0.2, 0.25) is 0 Å². The summed E-state index contributed by atoms with van der Waals surface area (Å²) in [6.45, 7) is 4.29. The lowest BCUT2D eigenvalue weighted by atomic mass is 10.0. The molecule has 0 bridgehead atoms. The van der Waals surface area contributed by atoms with E-state index < -0.39 is 0 Å². The van der Waals surface area contributed by atoms with Gasteiger partial charge in [0.15, 0.2) is 0 Å². The molecule has 0 spiro atoms. The number of halogens is 1. The van der Waals surface area contributed by atoms with Crippen LogP contribution in [0.5, 0.6) is 5.75 Å². The van der Waals surface area contributed by atoms with E-state index in [0.717, 1.165) is 37.6 Å². The highest BCUT2D eigenvalue weighted by atomic mass is 79.9. The third kappa shape index (κ3) is 3.97. The van der Waals surface area contributed by atoms with Crippen LogP contribution in [0, 0.1) is 13.8 Å². The Balaban J connectivity index is 1.67. The average molecular weight is 464 g/mol. The molecule has 0 saturated heterocycles. The van der Waals surface area contributed by atoms with Crippen molar-refractivity contribution in [2.24, 2.45) is 0 Å². The molecular weight excluding hydrogens is 442 g/mol. The van der Waals surface area contributed by atoms with Crippen molar-refractivity contribution < 1.29 is 9.90 Å². The van der Waals surface area contributed by atoms with Crippen LogP contribution in [-0.4, -0.2) is 16.0 Å². The first-order chi connectivity index (χ1) is 14.4. The van der Waals surface area contributed by atoms with Gasteiger partial charge in [0, 0.05) is 27.5 Å². The molecule has 5 nitrogen and oxygen atoms in total. The summed E-state index contributed by atoms with van der Waals surface area (Å²) >= 11 is 3.61. The van der Waals surface area contributed by atoms with E-state index in [1.807, 2.05) is 62.4 Å². The Morgan fingerprint density at radius 1 is 1.03 bits per heavy atom. The van der Waals surface area contributed by atoms with Crippen LogP contribution in [0.1, 0.15) is 27.2 Å². The summed E-state index contributed by atoms with van der Waals surface area (Å²) in [7, 11) is 0. The van der Waals surface area contributed by atoms with Crippen LogP contribution in [0.3, 0.4) is 0 Å². The summed E-state index contributed by atoms with van der Waals surface area (Å²) < 4.78 is 0.909. The first-order valence-electron chi connectivity index (χ1n) is 9.63. The van der Waals surface area contributed by atoms with Crippen molar-refractivity contribution in [3.05, 3.63) is 87.5 Å². The Hall–Kier alpha value is -3.09. The molecule has 30 heavy (non-hydrogen) atoms. The van der Waals surface area contributed by atoms with Crippen LogP contribution < -0.4 is 10.9 Å². The number of carbonyl (C=O) groups is 1. The largest absolute Gasteiger partial charge is 0.508 e. The first kappa shape index (κ1) is 20.2. The fourth-order valence-corrected chi connectivity index (χ4v) is 4.28. The lowest BCUT2D eigenvalue weighted by Crippen LogP contribution is -2.37. The smallest absolute Gasteiger partial charge is 0.282 e. The Kier molecular flexibility index (Phi) is 5.61. The number of amides is 1. The summed E-state index contributed by atoms with van der Waals surface area (Å²) in [5.41, 5.74) is 11.7. The number of phenolic OH excluding ortho intramolecular Hbond substituents is 1. The number of hydrogen-bond acceptors (Lipinski definition) is 3. The molecule has 3 aromatic carbocycles. The number of phenols is 1. The molecule has 0 fully saturated rings. The van der Waals surface area contributed by atoms with E-state index in [1.54, 1.807) is 6.07 Å². The predicted molar refractivity (Wildman–Crippen MR) is 123 cm³/mol. The molecule has 4 rings (SSSR count). The summed E-state index contributed by atoms with van der Waals surface area (Å²) in [6, 6.07) is 19.3. The SMILES string of the molecule is Cc1ccc(O)c(CNNC(=O)c2[nH]c3c(Br)cc(C)cc3c2-c2ccccc2)c1. The molecule has 0 aliphatic carbocycles. The maximum Gasteiger partial charge on any atom is 0.282 e. The van der Waals surface area contributed by atoms with Gasteiger partial charge in [-0.3, -0.25) is 10.2 Å². The topological polar surface area (TPSA) is 77.2 Å². The van der Waals surface area contributed by atoms with Crippen molar-refractivity contribution in [3.8, 4) is 16.9 Å².